The van der Waals surface area contributed by atoms with Gasteiger partial charge in [-0.2, -0.15) is 0 Å². The van der Waals surface area contributed by atoms with Crippen LogP contribution in [0, 0.1) is 0 Å². The average molecular weight is 340 g/mol. The van der Waals surface area contributed by atoms with E-state index < -0.39 is 0 Å². The van der Waals surface area contributed by atoms with Gasteiger partial charge in [0.05, 0.1) is 23.3 Å². The Balaban J connectivity index is 1.53. The molecule has 0 amide bonds. The zero-order chi connectivity index (χ0) is 16.4. The first-order valence-corrected chi connectivity index (χ1v) is 8.42. The summed E-state index contributed by atoms with van der Waals surface area (Å²) in [6.45, 7) is 2.54. The van der Waals surface area contributed by atoms with Crippen molar-refractivity contribution in [3.8, 4) is 0 Å². The first kappa shape index (κ1) is 15.4. The van der Waals surface area contributed by atoms with E-state index in [-0.39, 0.29) is 6.10 Å². The minimum atomic E-state index is 0.130. The Bertz CT molecular complexity index is 845. The van der Waals surface area contributed by atoms with E-state index in [1.165, 1.54) is 5.56 Å². The molecule has 0 unspecified atom stereocenters. The molecule has 1 aromatic heterocycles. The van der Waals surface area contributed by atoms with Gasteiger partial charge in [-0.1, -0.05) is 35.9 Å². The molecule has 0 radical (unpaired) electrons. The summed E-state index contributed by atoms with van der Waals surface area (Å²) < 4.78 is 5.77. The van der Waals surface area contributed by atoms with Gasteiger partial charge in [0.1, 0.15) is 5.82 Å². The number of benzene rings is 2. The molecule has 0 spiro atoms. The largest absolute Gasteiger partial charge is 0.371 e. The molecule has 0 aliphatic carbocycles. The molecule has 1 atom stereocenters. The highest BCUT2D eigenvalue weighted by atomic mass is 35.5. The van der Waals surface area contributed by atoms with Gasteiger partial charge in [0.25, 0.3) is 0 Å². The Morgan fingerprint density at radius 2 is 1.96 bits per heavy atom. The molecule has 1 saturated heterocycles. The maximum absolute atomic E-state index is 6.23. The summed E-state index contributed by atoms with van der Waals surface area (Å²) in [7, 11) is 0. The number of anilines is 2. The SMILES string of the molecule is Clc1cccc2ccc(Nc3ccc([C@H]4CNCCO4)cc3)nc12. The van der Waals surface area contributed by atoms with Crippen LogP contribution in [0.3, 0.4) is 0 Å². The molecule has 4 nitrogen and oxygen atoms in total. The second kappa shape index (κ2) is 6.77. The van der Waals surface area contributed by atoms with Crippen molar-refractivity contribution in [2.75, 3.05) is 25.0 Å². The van der Waals surface area contributed by atoms with E-state index >= 15 is 0 Å². The second-order valence-corrected chi connectivity index (χ2v) is 6.23. The van der Waals surface area contributed by atoms with Crippen LogP contribution in [-0.4, -0.2) is 24.7 Å². The molecular formula is C19H18ClN3O. The van der Waals surface area contributed by atoms with Crippen molar-refractivity contribution in [3.63, 3.8) is 0 Å². The average Bonchev–Trinajstić information content (AvgIpc) is 2.64. The molecule has 3 aromatic rings. The molecular weight excluding hydrogens is 322 g/mol. The Labute approximate surface area is 145 Å². The molecule has 2 heterocycles. The second-order valence-electron chi connectivity index (χ2n) is 5.82. The number of halogens is 1. The quantitative estimate of drug-likeness (QED) is 0.747. The maximum atomic E-state index is 6.23. The van der Waals surface area contributed by atoms with E-state index in [1.54, 1.807) is 0 Å². The van der Waals surface area contributed by atoms with E-state index in [4.69, 9.17) is 16.3 Å². The first-order chi connectivity index (χ1) is 11.8. The summed E-state index contributed by atoms with van der Waals surface area (Å²) in [4.78, 5) is 4.60. The Morgan fingerprint density at radius 1 is 1.08 bits per heavy atom. The van der Waals surface area contributed by atoms with Crippen molar-refractivity contribution in [1.82, 2.24) is 10.3 Å². The van der Waals surface area contributed by atoms with Crippen LogP contribution < -0.4 is 10.6 Å². The lowest BCUT2D eigenvalue weighted by atomic mass is 10.1. The van der Waals surface area contributed by atoms with Gasteiger partial charge in [0, 0.05) is 24.2 Å². The fourth-order valence-corrected chi connectivity index (χ4v) is 3.11. The van der Waals surface area contributed by atoms with Crippen molar-refractivity contribution in [2.45, 2.75) is 6.10 Å². The van der Waals surface area contributed by atoms with E-state index in [9.17, 15) is 0 Å². The van der Waals surface area contributed by atoms with Crippen molar-refractivity contribution in [2.24, 2.45) is 0 Å². The molecule has 5 heteroatoms. The van der Waals surface area contributed by atoms with Crippen molar-refractivity contribution in [1.29, 1.82) is 0 Å². The number of aromatic nitrogens is 1. The lowest BCUT2D eigenvalue weighted by molar-refractivity contribution is 0.0277. The fourth-order valence-electron chi connectivity index (χ4n) is 2.89. The van der Waals surface area contributed by atoms with E-state index in [2.05, 4.69) is 27.8 Å². The molecule has 0 saturated carbocycles. The monoisotopic (exact) mass is 339 g/mol. The molecule has 0 bridgehead atoms. The van der Waals surface area contributed by atoms with Crippen molar-refractivity contribution >= 4 is 34.0 Å². The van der Waals surface area contributed by atoms with Gasteiger partial charge in [-0.25, -0.2) is 4.98 Å². The predicted molar refractivity (Wildman–Crippen MR) is 98.0 cm³/mol. The Morgan fingerprint density at radius 3 is 2.75 bits per heavy atom. The molecule has 1 aliphatic heterocycles. The van der Waals surface area contributed by atoms with Crippen molar-refractivity contribution in [3.05, 3.63) is 65.2 Å². The summed E-state index contributed by atoms with van der Waals surface area (Å²) >= 11 is 6.23. The van der Waals surface area contributed by atoms with Crippen LogP contribution in [0.15, 0.2) is 54.6 Å². The highest BCUT2D eigenvalue weighted by Gasteiger charge is 2.15. The van der Waals surface area contributed by atoms with Gasteiger partial charge in [-0.3, -0.25) is 0 Å². The van der Waals surface area contributed by atoms with Crippen LogP contribution in [-0.2, 0) is 4.74 Å². The van der Waals surface area contributed by atoms with Gasteiger partial charge in [-0.05, 0) is 35.9 Å². The van der Waals surface area contributed by atoms with Gasteiger partial charge in [-0.15, -0.1) is 0 Å². The van der Waals surface area contributed by atoms with Crippen LogP contribution in [0.2, 0.25) is 5.02 Å². The number of rotatable bonds is 3. The zero-order valence-electron chi connectivity index (χ0n) is 13.1. The number of nitrogens with zero attached hydrogens (tertiary/aromatic N) is 1. The molecule has 2 N–H and O–H groups in total. The van der Waals surface area contributed by atoms with Crippen LogP contribution >= 0.6 is 11.6 Å². The van der Waals surface area contributed by atoms with E-state index in [1.807, 2.05) is 42.5 Å². The summed E-state index contributed by atoms with van der Waals surface area (Å²) in [5.41, 5.74) is 2.98. The molecule has 24 heavy (non-hydrogen) atoms. The summed E-state index contributed by atoms with van der Waals surface area (Å²) in [6.07, 6.45) is 0.130. The van der Waals surface area contributed by atoms with Gasteiger partial charge in [0.2, 0.25) is 0 Å². The lowest BCUT2D eigenvalue weighted by Crippen LogP contribution is -2.33. The van der Waals surface area contributed by atoms with Crippen LogP contribution in [0.25, 0.3) is 10.9 Å². The van der Waals surface area contributed by atoms with Crippen LogP contribution in [0.1, 0.15) is 11.7 Å². The standard InChI is InChI=1S/C19H18ClN3O/c20-16-3-1-2-14-6-9-18(23-19(14)16)22-15-7-4-13(5-8-15)17-12-21-10-11-24-17/h1-9,17,21H,10-12H2,(H,22,23)/t17-/m1/s1. The predicted octanol–water partition coefficient (Wildman–Crippen LogP) is 4.29. The highest BCUT2D eigenvalue weighted by Crippen LogP contribution is 2.25. The molecule has 122 valence electrons. The topological polar surface area (TPSA) is 46.2 Å². The van der Waals surface area contributed by atoms with Gasteiger partial charge >= 0.3 is 0 Å². The number of nitrogens with one attached hydrogen (secondary N) is 2. The number of pyridine rings is 1. The van der Waals surface area contributed by atoms with Crippen LogP contribution in [0.4, 0.5) is 11.5 Å². The van der Waals surface area contributed by atoms with E-state index in [0.29, 0.717) is 5.02 Å². The number of fused-ring (bicyclic) bond motifs is 1. The third-order valence-electron chi connectivity index (χ3n) is 4.15. The summed E-state index contributed by atoms with van der Waals surface area (Å²) in [5, 5.41) is 8.37. The number of hydrogen-bond donors (Lipinski definition) is 2. The highest BCUT2D eigenvalue weighted by molar-refractivity contribution is 6.35. The molecule has 2 aromatic carbocycles. The van der Waals surface area contributed by atoms with E-state index in [0.717, 1.165) is 42.1 Å². The maximum Gasteiger partial charge on any atom is 0.131 e. The third-order valence-corrected chi connectivity index (χ3v) is 4.46. The zero-order valence-corrected chi connectivity index (χ0v) is 13.9. The van der Waals surface area contributed by atoms with Gasteiger partial charge in [0.15, 0.2) is 0 Å². The normalized spacial score (nSPS) is 17.8. The summed E-state index contributed by atoms with van der Waals surface area (Å²) in [6, 6.07) is 18.0. The van der Waals surface area contributed by atoms with Crippen molar-refractivity contribution < 1.29 is 4.74 Å². The fraction of sp³-hybridized carbons (Fsp3) is 0.211. The summed E-state index contributed by atoms with van der Waals surface area (Å²) in [5.74, 6) is 0.777. The smallest absolute Gasteiger partial charge is 0.131 e. The Kier molecular flexibility index (Phi) is 4.34. The number of ether oxygens (including phenoxy) is 1. The number of hydrogen-bond acceptors (Lipinski definition) is 4. The molecule has 1 aliphatic rings. The Hall–Kier alpha value is -2.14. The van der Waals surface area contributed by atoms with Crippen LogP contribution in [0.5, 0.6) is 0 Å². The molecule has 1 fully saturated rings. The lowest BCUT2D eigenvalue weighted by Gasteiger charge is -2.24. The first-order valence-electron chi connectivity index (χ1n) is 8.04. The minimum Gasteiger partial charge on any atom is -0.371 e. The minimum absolute atomic E-state index is 0.130. The number of morpholine rings is 1. The number of para-hydroxylation sites is 1. The third kappa shape index (κ3) is 3.22. The molecule has 4 rings (SSSR count). The van der Waals surface area contributed by atoms with Gasteiger partial charge < -0.3 is 15.4 Å².